The Hall–Kier alpha value is -1.24. The van der Waals surface area contributed by atoms with Crippen LogP contribution in [0.5, 0.6) is 0 Å². The Kier molecular flexibility index (Phi) is 6.72. The van der Waals surface area contributed by atoms with Crippen LogP contribution < -0.4 is 4.90 Å². The first-order chi connectivity index (χ1) is 14.0. The van der Waals surface area contributed by atoms with E-state index >= 15 is 0 Å². The maximum absolute atomic E-state index is 4.79. The second-order valence-electron chi connectivity index (χ2n) is 9.81. The molecular formula is C23H40N6. The lowest BCUT2D eigenvalue weighted by Crippen LogP contribution is -2.54. The van der Waals surface area contributed by atoms with E-state index in [-0.39, 0.29) is 0 Å². The zero-order chi connectivity index (χ0) is 20.4. The van der Waals surface area contributed by atoms with Crippen LogP contribution in [-0.4, -0.2) is 89.1 Å². The minimum atomic E-state index is 0.596. The molecular weight excluding hydrogens is 360 g/mol. The molecule has 0 saturated carbocycles. The Morgan fingerprint density at radius 2 is 1.66 bits per heavy atom. The van der Waals surface area contributed by atoms with Crippen molar-refractivity contribution >= 4 is 5.95 Å². The summed E-state index contributed by atoms with van der Waals surface area (Å²) in [5.41, 5.74) is 1.23. The summed E-state index contributed by atoms with van der Waals surface area (Å²) in [6.07, 6.45) is 9.34. The number of nitrogens with zero attached hydrogens (tertiary/aromatic N) is 6. The second kappa shape index (κ2) is 9.27. The quantitative estimate of drug-likeness (QED) is 0.701. The zero-order valence-electron chi connectivity index (χ0n) is 18.9. The molecule has 3 saturated heterocycles. The third-order valence-corrected chi connectivity index (χ3v) is 7.33. The van der Waals surface area contributed by atoms with E-state index in [9.17, 15) is 0 Å². The first-order valence-electron chi connectivity index (χ1n) is 11.8. The summed E-state index contributed by atoms with van der Waals surface area (Å²) in [7, 11) is 2.24. The molecule has 2 unspecified atom stereocenters. The van der Waals surface area contributed by atoms with Crippen LogP contribution in [0.2, 0.25) is 0 Å². The molecule has 4 rings (SSSR count). The van der Waals surface area contributed by atoms with Crippen LogP contribution in [0.4, 0.5) is 5.95 Å². The number of likely N-dealkylation sites (tertiary alicyclic amines) is 2. The van der Waals surface area contributed by atoms with Gasteiger partial charge in [-0.25, -0.2) is 9.97 Å². The van der Waals surface area contributed by atoms with Crippen molar-refractivity contribution < 1.29 is 0 Å². The fourth-order valence-electron chi connectivity index (χ4n) is 5.61. The fourth-order valence-corrected chi connectivity index (χ4v) is 5.61. The average molecular weight is 401 g/mol. The first kappa shape index (κ1) is 21.0. The molecule has 29 heavy (non-hydrogen) atoms. The highest BCUT2D eigenvalue weighted by Crippen LogP contribution is 2.32. The Morgan fingerprint density at radius 1 is 1.03 bits per heavy atom. The molecule has 1 aromatic rings. The lowest BCUT2D eigenvalue weighted by Gasteiger charge is -2.40. The van der Waals surface area contributed by atoms with Crippen molar-refractivity contribution in [3.8, 4) is 0 Å². The molecule has 1 aromatic heterocycles. The summed E-state index contributed by atoms with van der Waals surface area (Å²) in [4.78, 5) is 19.7. The number of anilines is 1. The van der Waals surface area contributed by atoms with Crippen LogP contribution in [0.1, 0.15) is 52.0 Å². The molecule has 0 aliphatic carbocycles. The van der Waals surface area contributed by atoms with E-state index in [0.717, 1.165) is 38.0 Å². The van der Waals surface area contributed by atoms with Crippen molar-refractivity contribution in [2.45, 2.75) is 71.1 Å². The smallest absolute Gasteiger partial charge is 0.225 e. The van der Waals surface area contributed by atoms with Crippen LogP contribution >= 0.6 is 0 Å². The van der Waals surface area contributed by atoms with Crippen LogP contribution in [-0.2, 0) is 6.54 Å². The summed E-state index contributed by atoms with van der Waals surface area (Å²) in [6.45, 7) is 15.0. The maximum Gasteiger partial charge on any atom is 0.225 e. The van der Waals surface area contributed by atoms with Gasteiger partial charge in [0.2, 0.25) is 5.95 Å². The molecule has 3 aliphatic rings. The number of piperazine rings is 1. The number of piperidine rings is 1. The minimum Gasteiger partial charge on any atom is -0.332 e. The van der Waals surface area contributed by atoms with Crippen LogP contribution in [0.15, 0.2) is 12.4 Å². The van der Waals surface area contributed by atoms with Crippen molar-refractivity contribution in [2.24, 2.45) is 5.92 Å². The van der Waals surface area contributed by atoms with Gasteiger partial charge in [-0.2, -0.15) is 0 Å². The molecule has 3 fully saturated rings. The Balaban J connectivity index is 1.28. The van der Waals surface area contributed by atoms with Gasteiger partial charge in [-0.3, -0.25) is 4.90 Å². The summed E-state index contributed by atoms with van der Waals surface area (Å²) in [5.74, 6) is 1.77. The van der Waals surface area contributed by atoms with Crippen molar-refractivity contribution in [3.63, 3.8) is 0 Å². The van der Waals surface area contributed by atoms with Crippen LogP contribution in [0, 0.1) is 5.92 Å². The third-order valence-electron chi connectivity index (χ3n) is 7.33. The van der Waals surface area contributed by atoms with Gasteiger partial charge in [-0.05, 0) is 72.1 Å². The van der Waals surface area contributed by atoms with E-state index in [1.54, 1.807) is 0 Å². The molecule has 0 N–H and O–H groups in total. The normalized spacial score (nSPS) is 26.8. The zero-order valence-corrected chi connectivity index (χ0v) is 18.9. The van der Waals surface area contributed by atoms with E-state index in [1.165, 1.54) is 50.9 Å². The lowest BCUT2D eigenvalue weighted by molar-refractivity contribution is 0.127. The minimum absolute atomic E-state index is 0.596. The van der Waals surface area contributed by atoms with Gasteiger partial charge in [0.1, 0.15) is 0 Å². The van der Waals surface area contributed by atoms with Crippen molar-refractivity contribution in [3.05, 3.63) is 18.0 Å². The number of aromatic nitrogens is 2. The third kappa shape index (κ3) is 4.92. The molecule has 162 valence electrons. The Labute approximate surface area is 177 Å². The topological polar surface area (TPSA) is 38.7 Å². The Bertz CT molecular complexity index is 625. The number of likely N-dealkylation sites (N-methyl/N-ethyl adjacent to an activating group) is 1. The van der Waals surface area contributed by atoms with Gasteiger partial charge in [-0.15, -0.1) is 0 Å². The largest absolute Gasteiger partial charge is 0.332 e. The van der Waals surface area contributed by atoms with Crippen molar-refractivity contribution in [1.82, 2.24) is 24.7 Å². The van der Waals surface area contributed by atoms with Gasteiger partial charge >= 0.3 is 0 Å². The molecule has 0 amide bonds. The molecule has 3 aliphatic heterocycles. The summed E-state index contributed by atoms with van der Waals surface area (Å²) < 4.78 is 0. The number of fused-ring (bicyclic) bond motifs is 2. The predicted molar refractivity (Wildman–Crippen MR) is 119 cm³/mol. The highest BCUT2D eigenvalue weighted by molar-refractivity contribution is 5.37. The number of rotatable bonds is 7. The van der Waals surface area contributed by atoms with Crippen molar-refractivity contribution in [2.75, 3.05) is 51.2 Å². The van der Waals surface area contributed by atoms with Gasteiger partial charge < -0.3 is 14.7 Å². The highest BCUT2D eigenvalue weighted by atomic mass is 15.4. The first-order valence-corrected chi connectivity index (χ1v) is 11.8. The van der Waals surface area contributed by atoms with E-state index < -0.39 is 0 Å². The van der Waals surface area contributed by atoms with Crippen LogP contribution in [0.3, 0.4) is 0 Å². The summed E-state index contributed by atoms with van der Waals surface area (Å²) in [6, 6.07) is 1.88. The molecule has 0 aromatic carbocycles. The molecule has 2 bridgehead atoms. The van der Waals surface area contributed by atoms with E-state index in [4.69, 9.17) is 9.97 Å². The fraction of sp³-hybridized carbons (Fsp3) is 0.826. The monoisotopic (exact) mass is 400 g/mol. The van der Waals surface area contributed by atoms with E-state index in [1.807, 2.05) is 0 Å². The molecule has 4 heterocycles. The van der Waals surface area contributed by atoms with Gasteiger partial charge in [0.25, 0.3) is 0 Å². The lowest BCUT2D eigenvalue weighted by atomic mass is 9.95. The van der Waals surface area contributed by atoms with Crippen LogP contribution in [0.25, 0.3) is 0 Å². The maximum atomic E-state index is 4.79. The highest BCUT2D eigenvalue weighted by Gasteiger charge is 2.40. The number of hydrogen-bond acceptors (Lipinski definition) is 6. The molecule has 0 radical (unpaired) electrons. The molecule has 6 nitrogen and oxygen atoms in total. The molecule has 6 heteroatoms. The summed E-state index contributed by atoms with van der Waals surface area (Å²) >= 11 is 0. The number of hydrogen-bond donors (Lipinski definition) is 0. The molecule has 2 atom stereocenters. The van der Waals surface area contributed by atoms with E-state index in [2.05, 4.69) is 59.8 Å². The second-order valence-corrected chi connectivity index (χ2v) is 9.81. The van der Waals surface area contributed by atoms with Gasteiger partial charge in [-0.1, -0.05) is 6.92 Å². The standard InChI is InChI=1S/C23H40N6/c1-5-27-16-21-6-7-22(17-27)29(21)23-24-12-20(13-25-23)15-26(4)14-19-8-10-28(11-9-19)18(2)3/h12-13,18-19,21-22H,5-11,14-17H2,1-4H3. The molecule has 0 spiro atoms. The predicted octanol–water partition coefficient (Wildman–Crippen LogP) is 2.70. The Morgan fingerprint density at radius 3 is 2.21 bits per heavy atom. The van der Waals surface area contributed by atoms with Gasteiger partial charge in [0.15, 0.2) is 0 Å². The van der Waals surface area contributed by atoms with E-state index in [0.29, 0.717) is 18.1 Å². The SMILES string of the molecule is CCN1CC2CCC(C1)N2c1ncc(CN(C)CC2CCN(C(C)C)CC2)cn1. The van der Waals surface area contributed by atoms with Gasteiger partial charge in [0.05, 0.1) is 0 Å². The summed E-state index contributed by atoms with van der Waals surface area (Å²) in [5, 5.41) is 0. The van der Waals surface area contributed by atoms with Crippen molar-refractivity contribution in [1.29, 1.82) is 0 Å². The van der Waals surface area contributed by atoms with Gasteiger partial charge in [0, 0.05) is 62.3 Å². The average Bonchev–Trinajstić information content (AvgIpc) is 2.98.